The van der Waals surface area contributed by atoms with Crippen molar-refractivity contribution in [2.24, 2.45) is 11.7 Å². The zero-order chi connectivity index (χ0) is 28.9. The lowest BCUT2D eigenvalue weighted by atomic mass is 9.83. The number of primary amides is 1. The van der Waals surface area contributed by atoms with Gasteiger partial charge in [0.2, 0.25) is 11.8 Å². The molecule has 10 nitrogen and oxygen atoms in total. The van der Waals surface area contributed by atoms with Crippen LogP contribution in [0.4, 0.5) is 23.7 Å². The second-order valence-electron chi connectivity index (χ2n) is 8.92. The van der Waals surface area contributed by atoms with Crippen LogP contribution in [0.5, 0.6) is 5.75 Å². The minimum Gasteiger partial charge on any atom is -0.497 e. The molecule has 5 rings (SSSR count). The molecule has 3 aromatic rings. The lowest BCUT2D eigenvalue weighted by Gasteiger charge is -2.30. The van der Waals surface area contributed by atoms with E-state index in [9.17, 15) is 37.1 Å². The van der Waals surface area contributed by atoms with Gasteiger partial charge in [-0.15, -0.1) is 0 Å². The Kier molecular flexibility index (Phi) is 6.95. The van der Waals surface area contributed by atoms with Crippen LogP contribution >= 0.6 is 23.1 Å². The maximum atomic E-state index is 13.2. The molecular weight excluding hydrogens is 573 g/mol. The topological polar surface area (TPSA) is 141 Å². The molecule has 0 radical (unpaired) electrons. The molecular formula is C25H19F3N4O6S2. The summed E-state index contributed by atoms with van der Waals surface area (Å²) in [7, 11) is 1.47. The number of nitrogens with zero attached hydrogens (tertiary/aromatic N) is 2. The van der Waals surface area contributed by atoms with Gasteiger partial charge in [-0.05, 0) is 35.9 Å². The quantitative estimate of drug-likeness (QED) is 0.434. The van der Waals surface area contributed by atoms with Gasteiger partial charge >= 0.3 is 17.1 Å². The normalized spacial score (nSPS) is 20.2. The largest absolute Gasteiger partial charge is 0.497 e. The number of thiazole rings is 1. The molecule has 2 unspecified atom stereocenters. The predicted molar refractivity (Wildman–Crippen MR) is 138 cm³/mol. The molecule has 15 heteroatoms. The molecule has 3 atom stereocenters. The highest BCUT2D eigenvalue weighted by Crippen LogP contribution is 2.53. The smallest absolute Gasteiger partial charge is 0.416 e. The zero-order valence-electron chi connectivity index (χ0n) is 20.4. The lowest BCUT2D eigenvalue weighted by Crippen LogP contribution is -2.41. The summed E-state index contributed by atoms with van der Waals surface area (Å²) in [6.07, 6.45) is -4.61. The molecule has 40 heavy (non-hydrogen) atoms. The summed E-state index contributed by atoms with van der Waals surface area (Å²) < 4.78 is 45.5. The van der Waals surface area contributed by atoms with Gasteiger partial charge in [0.1, 0.15) is 17.5 Å². The van der Waals surface area contributed by atoms with Gasteiger partial charge in [0.05, 0.1) is 23.6 Å². The van der Waals surface area contributed by atoms with Crippen LogP contribution in [0.25, 0.3) is 0 Å². The van der Waals surface area contributed by atoms with Gasteiger partial charge in [-0.3, -0.25) is 23.7 Å². The molecule has 0 aliphatic carbocycles. The third-order valence-electron chi connectivity index (χ3n) is 6.52. The van der Waals surface area contributed by atoms with E-state index in [-0.39, 0.29) is 10.7 Å². The predicted octanol–water partition coefficient (Wildman–Crippen LogP) is 3.25. The number of fused-ring (bicyclic) bond motifs is 2. The number of hydrogen-bond acceptors (Lipinski definition) is 8. The van der Waals surface area contributed by atoms with Crippen LogP contribution in [0.3, 0.4) is 0 Å². The Hall–Kier alpha value is -4.11. The van der Waals surface area contributed by atoms with Crippen LogP contribution in [0.2, 0.25) is 0 Å². The number of carbonyl (C=O) groups excluding carboxylic acids is 4. The van der Waals surface area contributed by atoms with Gasteiger partial charge in [0.15, 0.2) is 0 Å². The fourth-order valence-corrected chi connectivity index (χ4v) is 7.53. The van der Waals surface area contributed by atoms with Gasteiger partial charge in [-0.25, -0.2) is 4.79 Å². The molecule has 3 N–H and O–H groups in total. The van der Waals surface area contributed by atoms with E-state index in [0.717, 1.165) is 45.9 Å². The molecule has 1 fully saturated rings. The summed E-state index contributed by atoms with van der Waals surface area (Å²) in [4.78, 5) is 64.4. The van der Waals surface area contributed by atoms with Gasteiger partial charge in [0.25, 0.3) is 5.91 Å². The van der Waals surface area contributed by atoms with E-state index < -0.39 is 64.0 Å². The second-order valence-corrected chi connectivity index (χ2v) is 11.0. The molecule has 2 aliphatic heterocycles. The first-order valence-corrected chi connectivity index (χ1v) is 13.3. The number of methoxy groups -OCH3 is 1. The van der Waals surface area contributed by atoms with E-state index in [1.54, 1.807) is 24.3 Å². The van der Waals surface area contributed by atoms with Gasteiger partial charge in [0, 0.05) is 16.5 Å². The number of imide groups is 3. The van der Waals surface area contributed by atoms with E-state index >= 15 is 0 Å². The number of anilines is 1. The highest BCUT2D eigenvalue weighted by molar-refractivity contribution is 8.00. The fraction of sp³-hybridized carbons (Fsp3) is 0.240. The monoisotopic (exact) mass is 592 g/mol. The lowest BCUT2D eigenvalue weighted by molar-refractivity contribution is -0.138. The van der Waals surface area contributed by atoms with Crippen LogP contribution < -0.4 is 20.7 Å². The number of rotatable bonds is 5. The minimum atomic E-state index is -4.61. The number of urea groups is 1. The second kappa shape index (κ2) is 10.1. The van der Waals surface area contributed by atoms with Crippen molar-refractivity contribution in [3.63, 3.8) is 0 Å². The maximum absolute atomic E-state index is 13.2. The molecule has 1 aromatic heterocycles. The van der Waals surface area contributed by atoms with Crippen molar-refractivity contribution >= 4 is 52.5 Å². The summed E-state index contributed by atoms with van der Waals surface area (Å²) >= 11 is 1.64. The summed E-state index contributed by atoms with van der Waals surface area (Å²) in [6, 6.07) is 9.43. The van der Waals surface area contributed by atoms with Crippen molar-refractivity contribution in [1.29, 1.82) is 0 Å². The van der Waals surface area contributed by atoms with E-state index in [2.05, 4.69) is 5.32 Å². The molecule has 5 amide bonds. The van der Waals surface area contributed by atoms with Crippen LogP contribution in [0.15, 0.2) is 58.4 Å². The van der Waals surface area contributed by atoms with Crippen LogP contribution in [0.1, 0.15) is 21.9 Å². The van der Waals surface area contributed by atoms with Crippen LogP contribution in [0, 0.1) is 5.92 Å². The van der Waals surface area contributed by atoms with E-state index in [4.69, 9.17) is 10.5 Å². The summed E-state index contributed by atoms with van der Waals surface area (Å²) in [6.45, 7) is -0.567. The van der Waals surface area contributed by atoms with Crippen molar-refractivity contribution in [3.8, 4) is 5.75 Å². The Bertz CT molecular complexity index is 1600. The highest BCUT2D eigenvalue weighted by Gasteiger charge is 2.57. The number of nitrogens with two attached hydrogens (primary N) is 1. The average Bonchev–Trinajstić information content (AvgIpc) is 3.34. The Morgan fingerprint density at radius 3 is 2.40 bits per heavy atom. The Balaban J connectivity index is 1.52. The average molecular weight is 593 g/mol. The first-order chi connectivity index (χ1) is 18.9. The highest BCUT2D eigenvalue weighted by atomic mass is 32.2. The molecule has 208 valence electrons. The number of nitrogens with one attached hydrogen (secondary N) is 1. The van der Waals surface area contributed by atoms with Crippen LogP contribution in [-0.4, -0.2) is 45.6 Å². The number of benzene rings is 2. The summed E-state index contributed by atoms with van der Waals surface area (Å²) in [5.74, 6) is -3.75. The number of halogens is 3. The molecule has 0 spiro atoms. The van der Waals surface area contributed by atoms with Crippen molar-refractivity contribution in [1.82, 2.24) is 9.47 Å². The van der Waals surface area contributed by atoms with E-state index in [0.29, 0.717) is 21.1 Å². The summed E-state index contributed by atoms with van der Waals surface area (Å²) in [5.41, 5.74) is 4.80. The molecule has 0 bridgehead atoms. The fourth-order valence-electron chi connectivity index (χ4n) is 4.76. The number of likely N-dealkylation sites (tertiary alicyclic amines) is 1. The van der Waals surface area contributed by atoms with E-state index in [1.165, 1.54) is 13.2 Å². The first kappa shape index (κ1) is 27.5. The SMILES string of the molecule is COc1ccc([C@@H]2c3sc(=O)n(CC(=O)Nc4cccc(C(F)(F)F)c4)c3SC3C(=O)N(C(N)=O)C(=O)C32)cc1. The number of thioether (sulfide) groups is 1. The third kappa shape index (κ3) is 4.75. The Morgan fingerprint density at radius 1 is 1.07 bits per heavy atom. The van der Waals surface area contributed by atoms with Crippen molar-refractivity contribution < 1.29 is 37.1 Å². The van der Waals surface area contributed by atoms with Gasteiger partial charge < -0.3 is 15.8 Å². The Morgan fingerprint density at radius 2 is 1.77 bits per heavy atom. The zero-order valence-corrected chi connectivity index (χ0v) is 22.1. The number of alkyl halides is 3. The number of aromatic nitrogens is 1. The molecule has 3 heterocycles. The number of hydrogen-bond donors (Lipinski definition) is 2. The molecule has 0 saturated carbocycles. The number of carbonyl (C=O) groups is 4. The van der Waals surface area contributed by atoms with Gasteiger partial charge in [-0.1, -0.05) is 41.3 Å². The van der Waals surface area contributed by atoms with Crippen LogP contribution in [-0.2, 0) is 27.1 Å². The standard InChI is InChI=1S/C25H19F3N4O6S2/c1-38-14-7-5-11(6-8-14)16-17-18(21(35)32(20(17)34)23(29)36)39-22-19(16)40-24(37)31(22)10-15(33)30-13-4-2-3-12(9-13)25(26,27)28/h2-9,16-18H,10H2,1H3,(H2,29,36)(H,30,33)/t16-,17?,18?/m0/s1. The van der Waals surface area contributed by atoms with Gasteiger partial charge in [-0.2, -0.15) is 18.1 Å². The van der Waals surface area contributed by atoms with Crippen molar-refractivity contribution in [3.05, 3.63) is 74.2 Å². The number of amides is 5. The molecule has 2 aromatic carbocycles. The van der Waals surface area contributed by atoms with E-state index in [1.807, 2.05) is 0 Å². The van der Waals surface area contributed by atoms with Crippen molar-refractivity contribution in [2.75, 3.05) is 12.4 Å². The number of ether oxygens (including phenoxy) is 1. The maximum Gasteiger partial charge on any atom is 0.416 e. The summed E-state index contributed by atoms with van der Waals surface area (Å²) in [5, 5.41) is 1.49. The molecule has 1 saturated heterocycles. The Labute approximate surface area is 231 Å². The molecule has 2 aliphatic rings. The third-order valence-corrected chi connectivity index (χ3v) is 9.12. The minimum absolute atomic E-state index is 0.116. The van der Waals surface area contributed by atoms with Crippen molar-refractivity contribution in [2.45, 2.75) is 28.9 Å². The first-order valence-electron chi connectivity index (χ1n) is 11.6.